The van der Waals surface area contributed by atoms with Crippen molar-refractivity contribution in [2.24, 2.45) is 11.8 Å². The second-order valence-corrected chi connectivity index (χ2v) is 10.2. The van der Waals surface area contributed by atoms with Crippen LogP contribution in [-0.2, 0) is 16.0 Å². The van der Waals surface area contributed by atoms with E-state index in [1.54, 1.807) is 12.3 Å². The molecular formula is C28H33FN4O3. The van der Waals surface area contributed by atoms with Crippen LogP contribution in [0.5, 0.6) is 0 Å². The number of rotatable bonds is 6. The highest BCUT2D eigenvalue weighted by molar-refractivity contribution is 5.95. The lowest BCUT2D eigenvalue weighted by molar-refractivity contribution is -0.120. The number of amides is 1. The highest BCUT2D eigenvalue weighted by Gasteiger charge is 2.28. The molecule has 2 aliphatic heterocycles. The fraction of sp³-hybridized carbons (Fsp3) is 0.464. The summed E-state index contributed by atoms with van der Waals surface area (Å²) < 4.78 is 20.9. The number of aromatic nitrogens is 2. The Morgan fingerprint density at radius 1 is 1.22 bits per heavy atom. The average Bonchev–Trinajstić information content (AvgIpc) is 3.40. The third kappa shape index (κ3) is 5.00. The lowest BCUT2D eigenvalue weighted by Crippen LogP contribution is -2.28. The van der Waals surface area contributed by atoms with Crippen LogP contribution < -0.4 is 5.32 Å². The van der Waals surface area contributed by atoms with E-state index in [1.807, 2.05) is 10.8 Å². The summed E-state index contributed by atoms with van der Waals surface area (Å²) in [4.78, 5) is 31.1. The Morgan fingerprint density at radius 2 is 2.08 bits per heavy atom. The number of pyridine rings is 1. The number of hydrogen-bond donors (Lipinski definition) is 1. The Kier molecular flexibility index (Phi) is 7.05. The molecule has 8 heteroatoms. The molecule has 4 heterocycles. The van der Waals surface area contributed by atoms with Gasteiger partial charge in [0.2, 0.25) is 5.91 Å². The van der Waals surface area contributed by atoms with Crippen LogP contribution in [0.3, 0.4) is 0 Å². The van der Waals surface area contributed by atoms with E-state index in [1.165, 1.54) is 24.8 Å². The van der Waals surface area contributed by atoms with Crippen molar-refractivity contribution in [2.75, 3.05) is 33.3 Å². The molecule has 190 valence electrons. The van der Waals surface area contributed by atoms with Crippen LogP contribution in [0.15, 0.2) is 36.8 Å². The van der Waals surface area contributed by atoms with E-state index in [9.17, 15) is 14.0 Å². The first-order valence-electron chi connectivity index (χ1n) is 12.7. The molecule has 2 saturated heterocycles. The first-order chi connectivity index (χ1) is 17.4. The first-order valence-corrected chi connectivity index (χ1v) is 12.7. The molecule has 0 saturated carbocycles. The number of methoxy groups -OCH3 is 1. The van der Waals surface area contributed by atoms with Crippen molar-refractivity contribution in [1.82, 2.24) is 19.8 Å². The van der Waals surface area contributed by atoms with E-state index in [0.29, 0.717) is 23.9 Å². The van der Waals surface area contributed by atoms with E-state index in [2.05, 4.69) is 28.3 Å². The van der Waals surface area contributed by atoms with Crippen molar-refractivity contribution >= 4 is 22.8 Å². The molecule has 1 N–H and O–H groups in total. The number of nitrogens with one attached hydrogen (secondary N) is 1. The fourth-order valence-corrected chi connectivity index (χ4v) is 5.87. The van der Waals surface area contributed by atoms with Crippen molar-refractivity contribution in [3.05, 3.63) is 59.3 Å². The number of benzene rings is 1. The van der Waals surface area contributed by atoms with Gasteiger partial charge in [-0.05, 0) is 80.3 Å². The van der Waals surface area contributed by atoms with Crippen molar-refractivity contribution in [3.8, 4) is 5.69 Å². The quantitative estimate of drug-likeness (QED) is 0.526. The monoisotopic (exact) mass is 492 g/mol. The molecule has 7 nitrogen and oxygen atoms in total. The fourth-order valence-electron chi connectivity index (χ4n) is 5.87. The minimum Gasteiger partial charge on any atom is -0.465 e. The van der Waals surface area contributed by atoms with E-state index in [4.69, 9.17) is 4.74 Å². The molecule has 2 aliphatic rings. The number of carbonyl (C=O) groups excluding carboxylic acids is 2. The van der Waals surface area contributed by atoms with Crippen molar-refractivity contribution in [2.45, 2.75) is 39.0 Å². The van der Waals surface area contributed by atoms with Crippen LogP contribution in [0, 0.1) is 24.6 Å². The van der Waals surface area contributed by atoms with E-state index < -0.39 is 11.8 Å². The lowest BCUT2D eigenvalue weighted by atomic mass is 9.97. The summed E-state index contributed by atoms with van der Waals surface area (Å²) in [6.45, 7) is 6.00. The van der Waals surface area contributed by atoms with Crippen LogP contribution in [0.4, 0.5) is 4.39 Å². The molecular weight excluding hydrogens is 459 g/mol. The summed E-state index contributed by atoms with van der Waals surface area (Å²) in [5.41, 5.74) is 3.95. The van der Waals surface area contributed by atoms with Crippen LogP contribution in [0.25, 0.3) is 16.6 Å². The highest BCUT2D eigenvalue weighted by Crippen LogP contribution is 2.32. The second-order valence-electron chi connectivity index (χ2n) is 10.2. The first kappa shape index (κ1) is 24.4. The summed E-state index contributed by atoms with van der Waals surface area (Å²) >= 11 is 0. The standard InChI is InChI=1S/C28H33FN4O3/c1-18-13-30-14-25-27(18)21(17-33(25)24-5-4-22(29)12-23(24)28(35)36-2)11-20-8-10-32(16-20)15-19-3-6-26(34)31-9-7-19/h4-5,12-14,17,19-20H,3,6-11,15-16H2,1-2H3,(H,31,34)/t19?,20-/m0/s1. The molecule has 5 rings (SSSR count). The molecule has 2 aromatic heterocycles. The number of aryl methyl sites for hydroxylation is 1. The van der Waals surface area contributed by atoms with Gasteiger partial charge in [0.1, 0.15) is 5.82 Å². The lowest BCUT2D eigenvalue weighted by Gasteiger charge is -2.22. The largest absolute Gasteiger partial charge is 0.465 e. The van der Waals surface area contributed by atoms with Crippen LogP contribution in [0.2, 0.25) is 0 Å². The summed E-state index contributed by atoms with van der Waals surface area (Å²) in [7, 11) is 1.30. The topological polar surface area (TPSA) is 76.5 Å². The summed E-state index contributed by atoms with van der Waals surface area (Å²) in [5.74, 6) is 0.207. The molecule has 1 aromatic carbocycles. The smallest absolute Gasteiger partial charge is 0.340 e. The van der Waals surface area contributed by atoms with Crippen LogP contribution in [-0.4, -0.2) is 59.6 Å². The van der Waals surface area contributed by atoms with Gasteiger partial charge in [-0.2, -0.15) is 0 Å². The average molecular weight is 493 g/mol. The molecule has 0 radical (unpaired) electrons. The van der Waals surface area contributed by atoms with Gasteiger partial charge in [0, 0.05) is 43.8 Å². The molecule has 2 atom stereocenters. The number of carbonyl (C=O) groups is 2. The van der Waals surface area contributed by atoms with Crippen molar-refractivity contribution < 1.29 is 18.7 Å². The number of likely N-dealkylation sites (tertiary alicyclic amines) is 1. The zero-order valence-electron chi connectivity index (χ0n) is 20.9. The van der Waals surface area contributed by atoms with Gasteiger partial charge in [0.25, 0.3) is 0 Å². The minimum absolute atomic E-state index is 0.176. The van der Waals surface area contributed by atoms with Crippen molar-refractivity contribution in [1.29, 1.82) is 0 Å². The molecule has 0 spiro atoms. The number of ether oxygens (including phenoxy) is 1. The molecule has 3 aromatic rings. The summed E-state index contributed by atoms with van der Waals surface area (Å²) in [6, 6.07) is 4.21. The number of fused-ring (bicyclic) bond motifs is 1. The van der Waals surface area contributed by atoms with Gasteiger partial charge in [-0.15, -0.1) is 0 Å². The van der Waals surface area contributed by atoms with Gasteiger partial charge in [-0.1, -0.05) is 0 Å². The van der Waals surface area contributed by atoms with Gasteiger partial charge in [0.05, 0.1) is 30.1 Å². The van der Waals surface area contributed by atoms with Gasteiger partial charge < -0.3 is 19.5 Å². The minimum atomic E-state index is -0.574. The normalized spacial score (nSPS) is 20.9. The Labute approximate surface area is 210 Å². The number of nitrogens with zero attached hydrogens (tertiary/aromatic N) is 3. The van der Waals surface area contributed by atoms with Gasteiger partial charge in [-0.3, -0.25) is 9.78 Å². The van der Waals surface area contributed by atoms with E-state index in [0.717, 1.165) is 68.3 Å². The Balaban J connectivity index is 1.39. The van der Waals surface area contributed by atoms with Gasteiger partial charge in [0.15, 0.2) is 0 Å². The third-order valence-corrected chi connectivity index (χ3v) is 7.65. The maximum Gasteiger partial charge on any atom is 0.340 e. The molecule has 1 unspecified atom stereocenters. The highest BCUT2D eigenvalue weighted by atomic mass is 19.1. The van der Waals surface area contributed by atoms with Gasteiger partial charge in [-0.25, -0.2) is 9.18 Å². The maximum atomic E-state index is 14.0. The Morgan fingerprint density at radius 3 is 2.92 bits per heavy atom. The summed E-state index contributed by atoms with van der Waals surface area (Å²) in [6.07, 6.45) is 10.4. The SMILES string of the molecule is COC(=O)c1cc(F)ccc1-n1cc(C[C@@H]2CCN(CC3CCNC(=O)CC3)C2)c2c(C)cncc21. The van der Waals surface area contributed by atoms with Crippen LogP contribution in [0.1, 0.15) is 47.2 Å². The zero-order chi connectivity index (χ0) is 25.2. The summed E-state index contributed by atoms with van der Waals surface area (Å²) in [5, 5.41) is 4.12. The number of hydrogen-bond acceptors (Lipinski definition) is 5. The molecule has 1 amide bonds. The van der Waals surface area contributed by atoms with E-state index >= 15 is 0 Å². The number of halogens is 1. The van der Waals surface area contributed by atoms with Gasteiger partial charge >= 0.3 is 5.97 Å². The molecule has 36 heavy (non-hydrogen) atoms. The molecule has 0 aliphatic carbocycles. The third-order valence-electron chi connectivity index (χ3n) is 7.65. The zero-order valence-corrected chi connectivity index (χ0v) is 20.9. The Bertz CT molecular complexity index is 1290. The van der Waals surface area contributed by atoms with Crippen LogP contribution >= 0.6 is 0 Å². The number of esters is 1. The maximum absolute atomic E-state index is 14.0. The predicted octanol–water partition coefficient (Wildman–Crippen LogP) is 4.04. The van der Waals surface area contributed by atoms with Crippen molar-refractivity contribution in [3.63, 3.8) is 0 Å². The second kappa shape index (κ2) is 10.4. The Hall–Kier alpha value is -3.26. The molecule has 2 fully saturated rings. The predicted molar refractivity (Wildman–Crippen MR) is 136 cm³/mol. The van der Waals surface area contributed by atoms with E-state index in [-0.39, 0.29) is 11.5 Å². The molecule has 0 bridgehead atoms.